The number of hydrogen-bond donors (Lipinski definition) is 1. The van der Waals surface area contributed by atoms with Crippen molar-refractivity contribution >= 4 is 10.0 Å². The Morgan fingerprint density at radius 1 is 1.59 bits per heavy atom. The lowest BCUT2D eigenvalue weighted by atomic mass is 10.3. The lowest BCUT2D eigenvalue weighted by Gasteiger charge is -2.11. The van der Waals surface area contributed by atoms with Crippen LogP contribution in [0.5, 0.6) is 0 Å². The molecule has 1 aliphatic heterocycles. The van der Waals surface area contributed by atoms with Gasteiger partial charge < -0.3 is 9.47 Å². The number of sulfonamides is 1. The van der Waals surface area contributed by atoms with Crippen molar-refractivity contribution in [2.75, 3.05) is 32.1 Å². The van der Waals surface area contributed by atoms with Crippen LogP contribution in [-0.4, -0.2) is 46.6 Å². The number of hydrogen-bond acceptors (Lipinski definition) is 4. The fourth-order valence-corrected chi connectivity index (χ4v) is 2.86. The van der Waals surface area contributed by atoms with Gasteiger partial charge in [-0.3, -0.25) is 0 Å². The van der Waals surface area contributed by atoms with Gasteiger partial charge in [0.1, 0.15) is 0 Å². The van der Waals surface area contributed by atoms with Gasteiger partial charge in [0.05, 0.1) is 25.1 Å². The molecule has 1 aliphatic rings. The molecule has 100 valence electrons. The second-order valence-electron chi connectivity index (χ2n) is 4.32. The third kappa shape index (κ3) is 6.78. The van der Waals surface area contributed by atoms with E-state index in [4.69, 9.17) is 9.47 Å². The molecule has 5 nitrogen and oxygen atoms in total. The van der Waals surface area contributed by atoms with Crippen molar-refractivity contribution in [1.82, 2.24) is 4.72 Å². The van der Waals surface area contributed by atoms with E-state index in [2.05, 4.69) is 11.3 Å². The Balaban J connectivity index is 2.13. The molecule has 0 aromatic carbocycles. The van der Waals surface area contributed by atoms with Crippen LogP contribution in [0, 0.1) is 0 Å². The van der Waals surface area contributed by atoms with Crippen LogP contribution >= 0.6 is 0 Å². The third-order valence-corrected chi connectivity index (χ3v) is 3.80. The summed E-state index contributed by atoms with van der Waals surface area (Å²) in [5.74, 6) is 0.0491. The van der Waals surface area contributed by atoms with Crippen molar-refractivity contribution in [1.29, 1.82) is 0 Å². The Labute approximate surface area is 103 Å². The standard InChI is InChI=1S/C11H21NO4S/c1-10(2)8-15-7-5-12-17(13,14)9-11-4-3-6-16-11/h11-12H,1,3-9H2,2H3. The van der Waals surface area contributed by atoms with Gasteiger partial charge in [-0.05, 0) is 19.8 Å². The van der Waals surface area contributed by atoms with Crippen LogP contribution in [0.25, 0.3) is 0 Å². The predicted octanol–water partition coefficient (Wildman–Crippen LogP) is 0.678. The summed E-state index contributed by atoms with van der Waals surface area (Å²) < 4.78 is 36.2. The van der Waals surface area contributed by atoms with E-state index in [0.717, 1.165) is 18.4 Å². The zero-order valence-corrected chi connectivity index (χ0v) is 11.1. The minimum absolute atomic E-state index is 0.0491. The Bertz CT molecular complexity index is 333. The fraction of sp³-hybridized carbons (Fsp3) is 0.818. The molecule has 0 radical (unpaired) electrons. The monoisotopic (exact) mass is 263 g/mol. The second-order valence-corrected chi connectivity index (χ2v) is 6.17. The van der Waals surface area contributed by atoms with Crippen molar-refractivity contribution in [2.24, 2.45) is 0 Å². The van der Waals surface area contributed by atoms with Gasteiger partial charge in [-0.2, -0.15) is 0 Å². The molecule has 0 aromatic heterocycles. The summed E-state index contributed by atoms with van der Waals surface area (Å²) in [7, 11) is -3.24. The molecular formula is C11H21NO4S. The Morgan fingerprint density at radius 2 is 2.35 bits per heavy atom. The molecule has 0 amide bonds. The largest absolute Gasteiger partial charge is 0.377 e. The summed E-state index contributed by atoms with van der Waals surface area (Å²) in [6, 6.07) is 0. The quantitative estimate of drug-likeness (QED) is 0.516. The summed E-state index contributed by atoms with van der Waals surface area (Å²) in [5, 5.41) is 0. The van der Waals surface area contributed by atoms with Gasteiger partial charge in [0, 0.05) is 13.2 Å². The van der Waals surface area contributed by atoms with E-state index in [0.29, 0.717) is 26.4 Å². The average Bonchev–Trinajstić information content (AvgIpc) is 2.68. The van der Waals surface area contributed by atoms with E-state index in [-0.39, 0.29) is 11.9 Å². The Kier molecular flexibility index (Phi) is 6.11. The van der Waals surface area contributed by atoms with Crippen molar-refractivity contribution < 1.29 is 17.9 Å². The van der Waals surface area contributed by atoms with E-state index in [1.807, 2.05) is 6.92 Å². The molecule has 1 unspecified atom stereocenters. The van der Waals surface area contributed by atoms with Crippen molar-refractivity contribution in [3.63, 3.8) is 0 Å². The number of rotatable bonds is 8. The first-order valence-corrected chi connectivity index (χ1v) is 7.46. The number of ether oxygens (including phenoxy) is 2. The van der Waals surface area contributed by atoms with Crippen molar-refractivity contribution in [2.45, 2.75) is 25.9 Å². The van der Waals surface area contributed by atoms with Crippen molar-refractivity contribution in [3.05, 3.63) is 12.2 Å². The van der Waals surface area contributed by atoms with Gasteiger partial charge in [0.2, 0.25) is 10.0 Å². The molecule has 0 aromatic rings. The highest BCUT2D eigenvalue weighted by molar-refractivity contribution is 7.89. The molecule has 1 heterocycles. The van der Waals surface area contributed by atoms with Crippen LogP contribution in [0.4, 0.5) is 0 Å². The summed E-state index contributed by atoms with van der Waals surface area (Å²) in [4.78, 5) is 0. The van der Waals surface area contributed by atoms with E-state index >= 15 is 0 Å². The summed E-state index contributed by atoms with van der Waals surface area (Å²) in [6.07, 6.45) is 1.62. The first-order valence-electron chi connectivity index (χ1n) is 5.81. The number of nitrogens with one attached hydrogen (secondary N) is 1. The maximum atomic E-state index is 11.6. The minimum atomic E-state index is -3.24. The summed E-state index contributed by atoms with van der Waals surface area (Å²) in [5.41, 5.74) is 0.923. The third-order valence-electron chi connectivity index (χ3n) is 2.35. The average molecular weight is 263 g/mol. The van der Waals surface area contributed by atoms with Gasteiger partial charge in [0.15, 0.2) is 0 Å². The summed E-state index contributed by atoms with van der Waals surface area (Å²) >= 11 is 0. The van der Waals surface area contributed by atoms with E-state index in [1.165, 1.54) is 0 Å². The van der Waals surface area contributed by atoms with Crippen LogP contribution in [0.2, 0.25) is 0 Å². The molecule has 1 saturated heterocycles. The lowest BCUT2D eigenvalue weighted by molar-refractivity contribution is 0.127. The minimum Gasteiger partial charge on any atom is -0.377 e. The smallest absolute Gasteiger partial charge is 0.214 e. The molecule has 1 fully saturated rings. The van der Waals surface area contributed by atoms with E-state index in [1.54, 1.807) is 0 Å². The van der Waals surface area contributed by atoms with Gasteiger partial charge >= 0.3 is 0 Å². The molecular weight excluding hydrogens is 242 g/mol. The van der Waals surface area contributed by atoms with E-state index in [9.17, 15) is 8.42 Å². The van der Waals surface area contributed by atoms with Gasteiger partial charge in [0.25, 0.3) is 0 Å². The SMILES string of the molecule is C=C(C)COCCNS(=O)(=O)CC1CCCO1. The van der Waals surface area contributed by atoms with Gasteiger partial charge in [-0.1, -0.05) is 12.2 Å². The maximum Gasteiger partial charge on any atom is 0.214 e. The van der Waals surface area contributed by atoms with Crippen LogP contribution < -0.4 is 4.72 Å². The van der Waals surface area contributed by atoms with Crippen LogP contribution in [-0.2, 0) is 19.5 Å². The molecule has 0 spiro atoms. The summed E-state index contributed by atoms with van der Waals surface area (Å²) in [6.45, 7) is 7.34. The zero-order valence-electron chi connectivity index (χ0n) is 10.3. The van der Waals surface area contributed by atoms with Crippen molar-refractivity contribution in [3.8, 4) is 0 Å². The zero-order chi connectivity index (χ0) is 12.7. The Morgan fingerprint density at radius 3 is 2.94 bits per heavy atom. The molecule has 0 bridgehead atoms. The first kappa shape index (κ1) is 14.6. The highest BCUT2D eigenvalue weighted by Crippen LogP contribution is 2.13. The van der Waals surface area contributed by atoms with Gasteiger partial charge in [-0.25, -0.2) is 13.1 Å². The molecule has 1 rings (SSSR count). The highest BCUT2D eigenvalue weighted by Gasteiger charge is 2.22. The van der Waals surface area contributed by atoms with Crippen LogP contribution in [0.1, 0.15) is 19.8 Å². The molecule has 0 saturated carbocycles. The highest BCUT2D eigenvalue weighted by atomic mass is 32.2. The molecule has 1 N–H and O–H groups in total. The van der Waals surface area contributed by atoms with Gasteiger partial charge in [-0.15, -0.1) is 0 Å². The van der Waals surface area contributed by atoms with E-state index < -0.39 is 10.0 Å². The first-order chi connectivity index (χ1) is 7.99. The van der Waals surface area contributed by atoms with Crippen LogP contribution in [0.3, 0.4) is 0 Å². The maximum absolute atomic E-state index is 11.6. The molecule has 1 atom stereocenters. The Hall–Kier alpha value is -0.430. The predicted molar refractivity (Wildman–Crippen MR) is 66.4 cm³/mol. The second kappa shape index (κ2) is 7.10. The molecule has 17 heavy (non-hydrogen) atoms. The molecule has 0 aliphatic carbocycles. The topological polar surface area (TPSA) is 64.6 Å². The normalized spacial score (nSPS) is 20.6. The molecule has 6 heteroatoms. The van der Waals surface area contributed by atoms with Crippen LogP contribution in [0.15, 0.2) is 12.2 Å². The lowest BCUT2D eigenvalue weighted by Crippen LogP contribution is -2.34. The fourth-order valence-electron chi connectivity index (χ4n) is 1.60.